The molecule has 1 aliphatic carbocycles. The zero-order valence-corrected chi connectivity index (χ0v) is 16.8. The van der Waals surface area contributed by atoms with Gasteiger partial charge in [-0.3, -0.25) is 4.79 Å². The lowest BCUT2D eigenvalue weighted by Gasteiger charge is -2.46. The number of unbranched alkanes of at least 4 members (excludes halogenated alkanes) is 3. The summed E-state index contributed by atoms with van der Waals surface area (Å²) in [6, 6.07) is 0. The van der Waals surface area contributed by atoms with Crippen LogP contribution in [0.15, 0.2) is 0 Å². The lowest BCUT2D eigenvalue weighted by Crippen LogP contribution is -2.61. The number of aliphatic hydroxyl groups is 4. The molecular formula is C21H38O6. The topological polar surface area (TPSA) is 107 Å². The van der Waals surface area contributed by atoms with Gasteiger partial charge in [0, 0.05) is 12.3 Å². The number of ketones is 1. The maximum absolute atomic E-state index is 12.9. The second kappa shape index (κ2) is 10.9. The van der Waals surface area contributed by atoms with E-state index in [0.29, 0.717) is 24.7 Å². The Balaban J connectivity index is 2.10. The molecule has 2 aliphatic rings. The highest BCUT2D eigenvalue weighted by Gasteiger charge is 2.50. The molecule has 2 rings (SSSR count). The summed E-state index contributed by atoms with van der Waals surface area (Å²) < 4.78 is 5.70. The van der Waals surface area contributed by atoms with Crippen LogP contribution in [-0.4, -0.2) is 63.3 Å². The number of Topliss-reactive ketones (excluding diaryl/α,β-unsaturated/α-hetero) is 1. The molecule has 8 atom stereocenters. The summed E-state index contributed by atoms with van der Waals surface area (Å²) in [5, 5.41) is 39.9. The van der Waals surface area contributed by atoms with Crippen molar-refractivity contribution in [2.24, 2.45) is 17.8 Å². The molecule has 2 fully saturated rings. The molecule has 0 spiro atoms. The number of carbonyl (C=O) groups is 1. The Hall–Kier alpha value is -0.530. The molecule has 6 nitrogen and oxygen atoms in total. The molecule has 4 N–H and O–H groups in total. The van der Waals surface area contributed by atoms with Crippen LogP contribution in [0.3, 0.4) is 0 Å². The first-order valence-corrected chi connectivity index (χ1v) is 10.8. The Labute approximate surface area is 162 Å². The van der Waals surface area contributed by atoms with Crippen LogP contribution in [0.2, 0.25) is 0 Å². The molecule has 1 aliphatic heterocycles. The van der Waals surface area contributed by atoms with Crippen molar-refractivity contribution in [1.82, 2.24) is 0 Å². The van der Waals surface area contributed by atoms with E-state index < -0.39 is 43.0 Å². The highest BCUT2D eigenvalue weighted by molar-refractivity contribution is 5.82. The Kier molecular flexibility index (Phi) is 9.16. The van der Waals surface area contributed by atoms with Crippen LogP contribution in [0.1, 0.15) is 71.6 Å². The van der Waals surface area contributed by atoms with Crippen LogP contribution in [0.25, 0.3) is 0 Å². The van der Waals surface area contributed by atoms with Gasteiger partial charge >= 0.3 is 0 Å². The summed E-state index contributed by atoms with van der Waals surface area (Å²) in [4.78, 5) is 12.9. The van der Waals surface area contributed by atoms with Gasteiger partial charge in [0.15, 0.2) is 0 Å². The third kappa shape index (κ3) is 5.51. The summed E-state index contributed by atoms with van der Waals surface area (Å²) in [5.41, 5.74) is 0. The molecule has 6 heteroatoms. The lowest BCUT2D eigenvalue weighted by molar-refractivity contribution is -0.242. The first kappa shape index (κ1) is 22.8. The van der Waals surface area contributed by atoms with Crippen molar-refractivity contribution in [1.29, 1.82) is 0 Å². The number of hydrogen-bond acceptors (Lipinski definition) is 6. The van der Waals surface area contributed by atoms with Crippen LogP contribution < -0.4 is 0 Å². The van der Waals surface area contributed by atoms with Crippen LogP contribution in [-0.2, 0) is 9.53 Å². The van der Waals surface area contributed by atoms with E-state index in [1.54, 1.807) is 0 Å². The highest BCUT2D eigenvalue weighted by Crippen LogP contribution is 2.41. The van der Waals surface area contributed by atoms with Crippen LogP contribution in [0, 0.1) is 17.8 Å². The lowest BCUT2D eigenvalue weighted by atomic mass is 9.67. The van der Waals surface area contributed by atoms with E-state index >= 15 is 0 Å². The fourth-order valence-electron chi connectivity index (χ4n) is 4.82. The highest BCUT2D eigenvalue weighted by atomic mass is 16.5. The zero-order chi connectivity index (χ0) is 20.0. The van der Waals surface area contributed by atoms with Gasteiger partial charge in [-0.05, 0) is 24.7 Å². The van der Waals surface area contributed by atoms with Crippen LogP contribution >= 0.6 is 0 Å². The monoisotopic (exact) mass is 386 g/mol. The van der Waals surface area contributed by atoms with Crippen molar-refractivity contribution in [3.63, 3.8) is 0 Å². The molecule has 1 heterocycles. The van der Waals surface area contributed by atoms with E-state index in [2.05, 4.69) is 13.8 Å². The number of carbonyl (C=O) groups excluding carboxylic acids is 1. The molecule has 0 aromatic rings. The zero-order valence-electron chi connectivity index (χ0n) is 16.8. The first-order valence-electron chi connectivity index (χ1n) is 10.8. The average molecular weight is 387 g/mol. The number of aliphatic hydroxyl groups excluding tert-OH is 4. The molecule has 1 saturated heterocycles. The average Bonchev–Trinajstić information content (AvgIpc) is 2.66. The Morgan fingerprint density at radius 2 is 1.59 bits per heavy atom. The van der Waals surface area contributed by atoms with Crippen molar-refractivity contribution in [2.75, 3.05) is 6.61 Å². The minimum absolute atomic E-state index is 0.0774. The quantitative estimate of drug-likeness (QED) is 0.450. The van der Waals surface area contributed by atoms with Gasteiger partial charge in [-0.15, -0.1) is 0 Å². The van der Waals surface area contributed by atoms with Gasteiger partial charge < -0.3 is 25.2 Å². The predicted octanol–water partition coefficient (Wildman–Crippen LogP) is 1.81. The molecule has 0 aromatic heterocycles. The number of rotatable bonds is 9. The summed E-state index contributed by atoms with van der Waals surface area (Å²) in [7, 11) is 0. The van der Waals surface area contributed by atoms with Crippen molar-refractivity contribution in [3.8, 4) is 0 Å². The summed E-state index contributed by atoms with van der Waals surface area (Å²) in [6.07, 6.45) is 3.06. The normalized spacial score (nSPS) is 40.3. The van der Waals surface area contributed by atoms with Gasteiger partial charge in [0.1, 0.15) is 30.2 Å². The molecule has 0 aromatic carbocycles. The number of hydrogen-bond donors (Lipinski definition) is 4. The van der Waals surface area contributed by atoms with E-state index in [4.69, 9.17) is 4.74 Å². The second-order valence-corrected chi connectivity index (χ2v) is 8.46. The largest absolute Gasteiger partial charge is 0.394 e. The van der Waals surface area contributed by atoms with Gasteiger partial charge in [-0.25, -0.2) is 0 Å². The SMILES string of the molecule is CCCCCC1CC(=O)C([C@@H]2O[C@H](CO)[C@@H](O)[C@H](O)[C@@H]2O)CC1CCCC. The van der Waals surface area contributed by atoms with Crippen LogP contribution in [0.5, 0.6) is 0 Å². The molecule has 3 unspecified atom stereocenters. The molecule has 158 valence electrons. The minimum Gasteiger partial charge on any atom is -0.394 e. The fourth-order valence-corrected chi connectivity index (χ4v) is 4.82. The third-order valence-electron chi connectivity index (χ3n) is 6.53. The second-order valence-electron chi connectivity index (χ2n) is 8.46. The summed E-state index contributed by atoms with van der Waals surface area (Å²) >= 11 is 0. The van der Waals surface area contributed by atoms with E-state index in [0.717, 1.165) is 38.5 Å². The first-order chi connectivity index (χ1) is 12.9. The van der Waals surface area contributed by atoms with E-state index in [1.807, 2.05) is 0 Å². The van der Waals surface area contributed by atoms with Gasteiger partial charge in [0.25, 0.3) is 0 Å². The molecule has 1 saturated carbocycles. The Morgan fingerprint density at radius 3 is 2.22 bits per heavy atom. The molecular weight excluding hydrogens is 348 g/mol. The van der Waals surface area contributed by atoms with Crippen molar-refractivity contribution in [3.05, 3.63) is 0 Å². The smallest absolute Gasteiger partial charge is 0.138 e. The summed E-state index contributed by atoms with van der Waals surface area (Å²) in [5.74, 6) is 0.391. The van der Waals surface area contributed by atoms with Crippen LogP contribution in [0.4, 0.5) is 0 Å². The molecule has 0 radical (unpaired) electrons. The van der Waals surface area contributed by atoms with Crippen molar-refractivity contribution >= 4 is 5.78 Å². The van der Waals surface area contributed by atoms with Gasteiger partial charge in [0.2, 0.25) is 0 Å². The standard InChI is InChI=1S/C21H38O6/c1-3-5-7-9-14-11-16(23)15(10-13(14)8-6-4-2)21-20(26)19(25)18(24)17(12-22)27-21/h13-15,17-22,24-26H,3-12H2,1-2H3/t13?,14?,15?,17-,18-,19+,20+,21+/m1/s1. The van der Waals surface area contributed by atoms with Gasteiger partial charge in [-0.1, -0.05) is 52.4 Å². The maximum Gasteiger partial charge on any atom is 0.138 e. The van der Waals surface area contributed by atoms with E-state index in [-0.39, 0.29) is 5.78 Å². The maximum atomic E-state index is 12.9. The van der Waals surface area contributed by atoms with Crippen molar-refractivity contribution < 1.29 is 30.0 Å². The molecule has 0 bridgehead atoms. The van der Waals surface area contributed by atoms with Gasteiger partial charge in [-0.2, -0.15) is 0 Å². The van der Waals surface area contributed by atoms with E-state index in [1.165, 1.54) is 6.42 Å². The predicted molar refractivity (Wildman–Crippen MR) is 102 cm³/mol. The summed E-state index contributed by atoms with van der Waals surface area (Å²) in [6.45, 7) is 3.88. The molecule has 27 heavy (non-hydrogen) atoms. The number of ether oxygens (including phenoxy) is 1. The third-order valence-corrected chi connectivity index (χ3v) is 6.53. The minimum atomic E-state index is -1.41. The Bertz CT molecular complexity index is 454. The van der Waals surface area contributed by atoms with Crippen molar-refractivity contribution in [2.45, 2.75) is 102 Å². The molecule has 0 amide bonds. The Morgan fingerprint density at radius 1 is 0.926 bits per heavy atom. The fraction of sp³-hybridized carbons (Fsp3) is 0.952. The van der Waals surface area contributed by atoms with E-state index in [9.17, 15) is 25.2 Å². The van der Waals surface area contributed by atoms with Gasteiger partial charge in [0.05, 0.1) is 12.7 Å².